The van der Waals surface area contributed by atoms with Crippen molar-refractivity contribution >= 4 is 33.3 Å². The molecule has 1 atom stereocenters. The molecule has 0 spiro atoms. The lowest BCUT2D eigenvalue weighted by atomic mass is 9.98. The number of thioether (sulfide) groups is 1. The number of ether oxygens (including phenoxy) is 1. The van der Waals surface area contributed by atoms with Gasteiger partial charge in [-0.1, -0.05) is 15.9 Å². The molecule has 4 nitrogen and oxygen atoms in total. The van der Waals surface area contributed by atoms with E-state index >= 15 is 0 Å². The fraction of sp³-hybridized carbons (Fsp3) is 0.381. The van der Waals surface area contributed by atoms with Crippen LogP contribution in [-0.4, -0.2) is 53.2 Å². The summed E-state index contributed by atoms with van der Waals surface area (Å²) in [6.07, 6.45) is 3.48. The van der Waals surface area contributed by atoms with Gasteiger partial charge in [0.1, 0.15) is 11.9 Å². The van der Waals surface area contributed by atoms with E-state index in [-0.39, 0.29) is 18.5 Å². The highest BCUT2D eigenvalue weighted by Crippen LogP contribution is 2.43. The molecule has 7 heteroatoms. The van der Waals surface area contributed by atoms with Gasteiger partial charge in [-0.25, -0.2) is 4.98 Å². The topological polar surface area (TPSA) is 45.6 Å². The van der Waals surface area contributed by atoms with E-state index in [4.69, 9.17) is 4.74 Å². The van der Waals surface area contributed by atoms with Gasteiger partial charge in [0.15, 0.2) is 0 Å². The molecule has 1 N–H and O–H groups in total. The van der Waals surface area contributed by atoms with Gasteiger partial charge in [0.25, 0.3) is 0 Å². The molecule has 1 aromatic heterocycles. The predicted molar refractivity (Wildman–Crippen MR) is 114 cm³/mol. The molecule has 0 aliphatic carbocycles. The number of hydrogen-bond acceptors (Lipinski definition) is 5. The number of likely N-dealkylation sites (tertiary alicyclic amines) is 1. The number of aromatic hydroxyl groups is 1. The molecule has 2 aliphatic rings. The second-order valence-corrected chi connectivity index (χ2v) is 8.98. The highest BCUT2D eigenvalue weighted by molar-refractivity contribution is 9.12. The van der Waals surface area contributed by atoms with Crippen LogP contribution in [0.15, 0.2) is 45.9 Å². The number of halogens is 2. The molecule has 1 aromatic carbocycles. The molecule has 2 aliphatic heterocycles. The molecule has 0 amide bonds. The Labute approximate surface area is 176 Å². The van der Waals surface area contributed by atoms with Gasteiger partial charge in [-0.05, 0) is 42.7 Å². The summed E-state index contributed by atoms with van der Waals surface area (Å²) < 4.78 is 19.5. The van der Waals surface area contributed by atoms with Crippen LogP contribution >= 0.6 is 27.7 Å². The molecule has 0 saturated carbocycles. The van der Waals surface area contributed by atoms with Crippen molar-refractivity contribution in [2.45, 2.75) is 23.8 Å². The van der Waals surface area contributed by atoms with E-state index in [9.17, 15) is 9.50 Å². The number of phenols is 1. The normalized spacial score (nSPS) is 19.7. The minimum absolute atomic E-state index is 0.110. The molecule has 2 aromatic rings. The minimum atomic E-state index is -0.266. The van der Waals surface area contributed by atoms with E-state index in [2.05, 4.69) is 25.8 Å². The molecule has 1 fully saturated rings. The van der Waals surface area contributed by atoms with Crippen molar-refractivity contribution in [2.75, 3.05) is 32.1 Å². The number of hydrogen-bond donors (Lipinski definition) is 1. The van der Waals surface area contributed by atoms with E-state index in [1.807, 2.05) is 24.4 Å². The number of alkyl halides is 1. The molecule has 0 bridgehead atoms. The van der Waals surface area contributed by atoms with Crippen LogP contribution in [0.1, 0.15) is 24.0 Å². The Hall–Kier alpha value is -1.57. The quantitative estimate of drug-likeness (QED) is 0.661. The average molecular weight is 465 g/mol. The number of nitrogens with zero attached hydrogens (tertiary/aromatic N) is 2. The van der Waals surface area contributed by atoms with Gasteiger partial charge in [0.2, 0.25) is 5.88 Å². The van der Waals surface area contributed by atoms with Crippen molar-refractivity contribution in [3.63, 3.8) is 0 Å². The van der Waals surface area contributed by atoms with Crippen molar-refractivity contribution in [3.8, 4) is 11.6 Å². The first kappa shape index (κ1) is 19.7. The highest BCUT2D eigenvalue weighted by Gasteiger charge is 2.24. The van der Waals surface area contributed by atoms with Gasteiger partial charge in [-0.15, -0.1) is 11.8 Å². The monoisotopic (exact) mass is 464 g/mol. The Morgan fingerprint density at radius 2 is 2.21 bits per heavy atom. The van der Waals surface area contributed by atoms with Gasteiger partial charge < -0.3 is 9.84 Å². The number of phenolic OH excluding ortho intramolecular Hbond substituents is 1. The maximum atomic E-state index is 12.3. The van der Waals surface area contributed by atoms with Crippen LogP contribution in [-0.2, 0) is 0 Å². The smallest absolute Gasteiger partial charge is 0.213 e. The van der Waals surface area contributed by atoms with E-state index < -0.39 is 0 Å². The number of fused-ring (bicyclic) bond motifs is 1. The second kappa shape index (κ2) is 8.84. The summed E-state index contributed by atoms with van der Waals surface area (Å²) >= 11 is 5.40. The number of pyridine rings is 1. The van der Waals surface area contributed by atoms with Crippen LogP contribution in [0.4, 0.5) is 4.39 Å². The molecular weight excluding hydrogens is 443 g/mol. The third kappa shape index (κ3) is 4.36. The van der Waals surface area contributed by atoms with Gasteiger partial charge in [0.05, 0.1) is 6.67 Å². The van der Waals surface area contributed by atoms with Crippen molar-refractivity contribution in [2.24, 2.45) is 0 Å². The van der Waals surface area contributed by atoms with Crippen LogP contribution < -0.4 is 4.74 Å². The lowest BCUT2D eigenvalue weighted by molar-refractivity contribution is 0.191. The lowest BCUT2D eigenvalue weighted by Gasteiger charge is -2.21. The molecule has 0 radical (unpaired) electrons. The van der Waals surface area contributed by atoms with E-state index in [1.165, 1.54) is 0 Å². The van der Waals surface area contributed by atoms with Gasteiger partial charge in [-0.3, -0.25) is 9.29 Å². The summed E-state index contributed by atoms with van der Waals surface area (Å²) in [5.74, 6) is 1.72. The molecule has 3 heterocycles. The third-order valence-corrected chi connectivity index (χ3v) is 7.14. The molecule has 148 valence electrons. The summed E-state index contributed by atoms with van der Waals surface area (Å²) in [5, 5.41) is 9.76. The van der Waals surface area contributed by atoms with Crippen LogP contribution in [0.25, 0.3) is 5.57 Å². The van der Waals surface area contributed by atoms with Crippen LogP contribution in [0.2, 0.25) is 0 Å². The highest BCUT2D eigenvalue weighted by atomic mass is 79.9. The fourth-order valence-corrected chi connectivity index (χ4v) is 5.40. The average Bonchev–Trinajstić information content (AvgIpc) is 3.14. The number of aromatic nitrogens is 1. The largest absolute Gasteiger partial charge is 0.508 e. The Balaban J connectivity index is 1.47. The minimum Gasteiger partial charge on any atom is -0.508 e. The predicted octanol–water partition coefficient (Wildman–Crippen LogP) is 4.86. The van der Waals surface area contributed by atoms with Gasteiger partial charge >= 0.3 is 0 Å². The Morgan fingerprint density at radius 3 is 3.00 bits per heavy atom. The number of rotatable bonds is 6. The van der Waals surface area contributed by atoms with E-state index in [0.29, 0.717) is 12.3 Å². The summed E-state index contributed by atoms with van der Waals surface area (Å²) in [6.45, 7) is 2.30. The van der Waals surface area contributed by atoms with Gasteiger partial charge in [0, 0.05) is 58.2 Å². The van der Waals surface area contributed by atoms with Crippen molar-refractivity contribution in [1.82, 2.24) is 9.88 Å². The zero-order valence-electron chi connectivity index (χ0n) is 15.4. The molecule has 1 saturated heterocycles. The SMILES string of the molecule is Oc1ccc2c(c1)SCC(Br)=C2c1ccc(OC2CCN(CCCF)C2)nc1. The first-order valence-corrected chi connectivity index (χ1v) is 11.2. The van der Waals surface area contributed by atoms with Crippen molar-refractivity contribution in [3.05, 3.63) is 52.1 Å². The summed E-state index contributed by atoms with van der Waals surface area (Å²) in [6, 6.07) is 9.40. The third-order valence-electron chi connectivity index (χ3n) is 5.01. The van der Waals surface area contributed by atoms with Crippen molar-refractivity contribution < 1.29 is 14.2 Å². The summed E-state index contributed by atoms with van der Waals surface area (Å²) in [5.41, 5.74) is 3.21. The second-order valence-electron chi connectivity index (χ2n) is 7.01. The zero-order valence-corrected chi connectivity index (χ0v) is 17.8. The summed E-state index contributed by atoms with van der Waals surface area (Å²) in [4.78, 5) is 7.83. The van der Waals surface area contributed by atoms with Crippen molar-refractivity contribution in [1.29, 1.82) is 0 Å². The Kier molecular flexibility index (Phi) is 6.23. The van der Waals surface area contributed by atoms with Crippen LogP contribution in [0.5, 0.6) is 11.6 Å². The van der Waals surface area contributed by atoms with E-state index in [0.717, 1.165) is 57.9 Å². The lowest BCUT2D eigenvalue weighted by Crippen LogP contribution is -2.26. The molecule has 28 heavy (non-hydrogen) atoms. The van der Waals surface area contributed by atoms with E-state index in [1.54, 1.807) is 23.9 Å². The Morgan fingerprint density at radius 1 is 1.32 bits per heavy atom. The Bertz CT molecular complexity index is 875. The summed E-state index contributed by atoms with van der Waals surface area (Å²) in [7, 11) is 0. The first-order chi connectivity index (χ1) is 13.6. The molecule has 4 rings (SSSR count). The first-order valence-electron chi connectivity index (χ1n) is 9.40. The molecular formula is C21H22BrFN2O2S. The zero-order chi connectivity index (χ0) is 19.5. The van der Waals surface area contributed by atoms with Gasteiger partial charge in [-0.2, -0.15) is 0 Å². The maximum Gasteiger partial charge on any atom is 0.213 e. The van der Waals surface area contributed by atoms with Crippen LogP contribution in [0.3, 0.4) is 0 Å². The number of benzene rings is 1. The fourth-order valence-electron chi connectivity index (χ4n) is 3.66. The van der Waals surface area contributed by atoms with Crippen LogP contribution in [0, 0.1) is 0 Å². The maximum absolute atomic E-state index is 12.3. The standard InChI is InChI=1S/C21H22BrFN2O2S/c22-18-13-28-19-10-15(26)3-4-17(19)21(18)14-2-5-20(24-11-14)27-16-6-9-25(12-16)8-1-7-23/h2-5,10-11,16,26H,1,6-9,12-13H2. The molecule has 1 unspecified atom stereocenters.